The Morgan fingerprint density at radius 3 is 2.35 bits per heavy atom. The van der Waals surface area contributed by atoms with E-state index in [1.54, 1.807) is 12.4 Å². The predicted octanol–water partition coefficient (Wildman–Crippen LogP) is 3.28. The number of pyridine rings is 1. The van der Waals surface area contributed by atoms with Crippen LogP contribution in [0.4, 0.5) is 0 Å². The molecule has 2 aromatic rings. The molecule has 5 heteroatoms. The van der Waals surface area contributed by atoms with E-state index in [2.05, 4.69) is 33.9 Å². The van der Waals surface area contributed by atoms with Crippen molar-refractivity contribution in [2.24, 2.45) is 5.10 Å². The first-order valence-corrected chi connectivity index (χ1v) is 8.26. The molecule has 1 aliphatic rings. The standard InChI is InChI=1S/C18H21ClN4/c1-15(17-6-8-20-9-7-17)21-23-12-10-22(11-13-23)14-16-2-4-18(19)5-3-16/h2-9H,10-14H2,1H3. The van der Waals surface area contributed by atoms with Crippen LogP contribution in [0.15, 0.2) is 53.9 Å². The van der Waals surface area contributed by atoms with Crippen molar-refractivity contribution in [3.8, 4) is 0 Å². The SMILES string of the molecule is CC(=NN1CCN(Cc2ccc(Cl)cc2)CC1)c1ccncc1. The van der Waals surface area contributed by atoms with Gasteiger partial charge < -0.3 is 0 Å². The molecule has 1 fully saturated rings. The van der Waals surface area contributed by atoms with Crippen LogP contribution in [0.2, 0.25) is 5.02 Å². The number of hydrogen-bond acceptors (Lipinski definition) is 4. The first-order valence-electron chi connectivity index (χ1n) is 7.88. The van der Waals surface area contributed by atoms with Crippen molar-refractivity contribution in [2.45, 2.75) is 13.5 Å². The summed E-state index contributed by atoms with van der Waals surface area (Å²) in [5.41, 5.74) is 3.47. The van der Waals surface area contributed by atoms with Crippen LogP contribution in [0.5, 0.6) is 0 Å². The molecule has 1 aromatic carbocycles. The number of nitrogens with zero attached hydrogens (tertiary/aromatic N) is 4. The lowest BCUT2D eigenvalue weighted by atomic mass is 10.2. The Balaban J connectivity index is 1.53. The fraction of sp³-hybridized carbons (Fsp3) is 0.333. The molecule has 0 atom stereocenters. The van der Waals surface area contributed by atoms with Crippen LogP contribution in [0, 0.1) is 0 Å². The Bertz CT molecular complexity index is 646. The van der Waals surface area contributed by atoms with Gasteiger partial charge in [0.1, 0.15) is 0 Å². The molecule has 3 rings (SSSR count). The molecule has 0 unspecified atom stereocenters. The third kappa shape index (κ3) is 4.53. The van der Waals surface area contributed by atoms with Crippen LogP contribution in [0.3, 0.4) is 0 Å². The van der Waals surface area contributed by atoms with E-state index >= 15 is 0 Å². The lowest BCUT2D eigenvalue weighted by Crippen LogP contribution is -2.43. The maximum atomic E-state index is 5.93. The molecule has 0 spiro atoms. The Morgan fingerprint density at radius 1 is 1.04 bits per heavy atom. The van der Waals surface area contributed by atoms with E-state index in [0.717, 1.165) is 49.0 Å². The summed E-state index contributed by atoms with van der Waals surface area (Å²) in [4.78, 5) is 6.50. The summed E-state index contributed by atoms with van der Waals surface area (Å²) < 4.78 is 0. The Kier molecular flexibility index (Phi) is 5.26. The van der Waals surface area contributed by atoms with Gasteiger partial charge in [-0.2, -0.15) is 5.10 Å². The first-order chi connectivity index (χ1) is 11.2. The van der Waals surface area contributed by atoms with Gasteiger partial charge >= 0.3 is 0 Å². The van der Waals surface area contributed by atoms with Gasteiger partial charge in [-0.3, -0.25) is 14.9 Å². The maximum absolute atomic E-state index is 5.93. The summed E-state index contributed by atoms with van der Waals surface area (Å²) in [5, 5.41) is 7.69. The van der Waals surface area contributed by atoms with Gasteiger partial charge in [-0.05, 0) is 36.8 Å². The molecule has 0 aliphatic carbocycles. The van der Waals surface area contributed by atoms with E-state index in [4.69, 9.17) is 16.7 Å². The molecule has 0 bridgehead atoms. The van der Waals surface area contributed by atoms with Crippen molar-refractivity contribution in [2.75, 3.05) is 26.2 Å². The van der Waals surface area contributed by atoms with Crippen molar-refractivity contribution in [1.82, 2.24) is 14.9 Å². The Labute approximate surface area is 142 Å². The Morgan fingerprint density at radius 2 is 1.70 bits per heavy atom. The monoisotopic (exact) mass is 328 g/mol. The van der Waals surface area contributed by atoms with Crippen LogP contribution in [-0.2, 0) is 6.54 Å². The largest absolute Gasteiger partial charge is 0.295 e. The summed E-state index contributed by atoms with van der Waals surface area (Å²) in [6, 6.07) is 12.1. The number of piperazine rings is 1. The molecule has 0 radical (unpaired) electrons. The summed E-state index contributed by atoms with van der Waals surface area (Å²) in [6.07, 6.45) is 3.61. The van der Waals surface area contributed by atoms with E-state index in [1.807, 2.05) is 24.3 Å². The Hall–Kier alpha value is -1.91. The summed E-state index contributed by atoms with van der Waals surface area (Å²) >= 11 is 5.93. The zero-order chi connectivity index (χ0) is 16.1. The highest BCUT2D eigenvalue weighted by Gasteiger charge is 2.16. The minimum absolute atomic E-state index is 0.791. The summed E-state index contributed by atoms with van der Waals surface area (Å²) in [5.74, 6) is 0. The third-order valence-corrected chi connectivity index (χ3v) is 4.31. The normalized spacial score (nSPS) is 16.6. The van der Waals surface area contributed by atoms with Crippen LogP contribution in [-0.4, -0.2) is 46.8 Å². The van der Waals surface area contributed by atoms with Crippen molar-refractivity contribution < 1.29 is 0 Å². The molecule has 23 heavy (non-hydrogen) atoms. The fourth-order valence-electron chi connectivity index (χ4n) is 2.71. The zero-order valence-electron chi connectivity index (χ0n) is 13.3. The average molecular weight is 329 g/mol. The smallest absolute Gasteiger partial charge is 0.0647 e. The van der Waals surface area contributed by atoms with Crippen molar-refractivity contribution >= 4 is 17.3 Å². The van der Waals surface area contributed by atoms with E-state index in [0.29, 0.717) is 0 Å². The lowest BCUT2D eigenvalue weighted by molar-refractivity contribution is 0.130. The second-order valence-corrected chi connectivity index (χ2v) is 6.21. The van der Waals surface area contributed by atoms with Crippen molar-refractivity contribution in [1.29, 1.82) is 0 Å². The van der Waals surface area contributed by atoms with E-state index in [9.17, 15) is 0 Å². The minimum atomic E-state index is 0.791. The van der Waals surface area contributed by atoms with Gasteiger partial charge in [-0.1, -0.05) is 23.7 Å². The molecule has 1 aliphatic heterocycles. The second kappa shape index (κ2) is 7.57. The second-order valence-electron chi connectivity index (χ2n) is 5.78. The van der Waals surface area contributed by atoms with E-state index in [-0.39, 0.29) is 0 Å². The van der Waals surface area contributed by atoms with Crippen LogP contribution in [0.25, 0.3) is 0 Å². The molecule has 2 heterocycles. The van der Waals surface area contributed by atoms with Crippen LogP contribution < -0.4 is 0 Å². The molecular formula is C18H21ClN4. The number of rotatable bonds is 4. The average Bonchev–Trinajstić information content (AvgIpc) is 2.59. The molecular weight excluding hydrogens is 308 g/mol. The molecule has 1 aromatic heterocycles. The van der Waals surface area contributed by atoms with E-state index in [1.165, 1.54) is 5.56 Å². The molecule has 0 saturated carbocycles. The maximum Gasteiger partial charge on any atom is 0.0647 e. The highest BCUT2D eigenvalue weighted by atomic mass is 35.5. The van der Waals surface area contributed by atoms with Gasteiger partial charge in [0.2, 0.25) is 0 Å². The first kappa shape index (κ1) is 16.0. The quantitative estimate of drug-likeness (QED) is 0.807. The van der Waals surface area contributed by atoms with Gasteiger partial charge in [0.25, 0.3) is 0 Å². The third-order valence-electron chi connectivity index (χ3n) is 4.06. The highest BCUT2D eigenvalue weighted by molar-refractivity contribution is 6.30. The predicted molar refractivity (Wildman–Crippen MR) is 94.8 cm³/mol. The fourth-order valence-corrected chi connectivity index (χ4v) is 2.83. The summed E-state index contributed by atoms with van der Waals surface area (Å²) in [7, 11) is 0. The number of benzene rings is 1. The van der Waals surface area contributed by atoms with Crippen molar-refractivity contribution in [3.63, 3.8) is 0 Å². The van der Waals surface area contributed by atoms with Gasteiger partial charge in [0.15, 0.2) is 0 Å². The van der Waals surface area contributed by atoms with Gasteiger partial charge in [-0.25, -0.2) is 0 Å². The number of hydrogen-bond donors (Lipinski definition) is 0. The molecule has 1 saturated heterocycles. The number of hydrazone groups is 1. The highest BCUT2D eigenvalue weighted by Crippen LogP contribution is 2.13. The van der Waals surface area contributed by atoms with E-state index < -0.39 is 0 Å². The topological polar surface area (TPSA) is 31.7 Å². The van der Waals surface area contributed by atoms with Crippen LogP contribution in [0.1, 0.15) is 18.1 Å². The molecule has 0 amide bonds. The van der Waals surface area contributed by atoms with Gasteiger partial charge in [0.05, 0.1) is 5.71 Å². The lowest BCUT2D eigenvalue weighted by Gasteiger charge is -2.33. The summed E-state index contributed by atoms with van der Waals surface area (Å²) in [6.45, 7) is 6.98. The van der Waals surface area contributed by atoms with Crippen LogP contribution >= 0.6 is 11.6 Å². The minimum Gasteiger partial charge on any atom is -0.295 e. The van der Waals surface area contributed by atoms with Gasteiger partial charge in [0, 0.05) is 55.7 Å². The number of aromatic nitrogens is 1. The van der Waals surface area contributed by atoms with Gasteiger partial charge in [-0.15, -0.1) is 0 Å². The zero-order valence-corrected chi connectivity index (χ0v) is 14.1. The number of halogens is 1. The molecule has 4 nitrogen and oxygen atoms in total. The van der Waals surface area contributed by atoms with Crippen molar-refractivity contribution in [3.05, 3.63) is 64.9 Å². The molecule has 120 valence electrons. The molecule has 0 N–H and O–H groups in total.